The van der Waals surface area contributed by atoms with Gasteiger partial charge in [0, 0.05) is 9.50 Å². The molecule has 0 aliphatic carbocycles. The van der Waals surface area contributed by atoms with Crippen molar-refractivity contribution in [3.05, 3.63) is 87.9 Å². The molecule has 0 fully saturated rings. The van der Waals surface area contributed by atoms with Crippen molar-refractivity contribution in [1.82, 2.24) is 15.6 Å². The van der Waals surface area contributed by atoms with E-state index in [4.69, 9.17) is 11.6 Å². The molecule has 0 aliphatic heterocycles. The van der Waals surface area contributed by atoms with E-state index in [-0.39, 0.29) is 17.4 Å². The van der Waals surface area contributed by atoms with Crippen LogP contribution in [-0.4, -0.2) is 28.1 Å². The van der Waals surface area contributed by atoms with E-state index < -0.39 is 0 Å². The molecule has 1 heterocycles. The first-order valence-electron chi connectivity index (χ1n) is 9.74. The van der Waals surface area contributed by atoms with E-state index in [0.717, 1.165) is 21.5 Å². The van der Waals surface area contributed by atoms with Crippen molar-refractivity contribution in [3.63, 3.8) is 0 Å². The summed E-state index contributed by atoms with van der Waals surface area (Å²) in [5, 5.41) is 24.4. The molecule has 7 nitrogen and oxygen atoms in total. The highest BCUT2D eigenvalue weighted by atomic mass is 79.9. The Hall–Kier alpha value is -3.14. The van der Waals surface area contributed by atoms with Gasteiger partial charge >= 0.3 is 5.16 Å². The monoisotopic (exact) mass is 541 g/mol. The Morgan fingerprint density at radius 2 is 1.94 bits per heavy atom. The Bertz CT molecular complexity index is 1300. The summed E-state index contributed by atoms with van der Waals surface area (Å²) in [7, 11) is 0. The second-order valence-electron chi connectivity index (χ2n) is 6.80. The maximum Gasteiger partial charge on any atom is 0.342 e. The summed E-state index contributed by atoms with van der Waals surface area (Å²) >= 11 is 10.6. The molecule has 3 aromatic carbocycles. The van der Waals surface area contributed by atoms with Crippen LogP contribution >= 0.6 is 39.3 Å². The fourth-order valence-electron chi connectivity index (χ4n) is 2.97. The molecule has 0 bridgehead atoms. The molecule has 0 aliphatic rings. The molecule has 166 valence electrons. The second-order valence-corrected chi connectivity index (χ2v) is 9.09. The molecule has 1 aromatic heterocycles. The van der Waals surface area contributed by atoms with E-state index in [1.54, 1.807) is 24.3 Å². The first kappa shape index (κ1) is 23.0. The van der Waals surface area contributed by atoms with Gasteiger partial charge in [0.1, 0.15) is 5.69 Å². The predicted octanol–water partition coefficient (Wildman–Crippen LogP) is 4.09. The van der Waals surface area contributed by atoms with E-state index in [2.05, 4.69) is 36.7 Å². The highest BCUT2D eigenvalue weighted by Crippen LogP contribution is 2.21. The van der Waals surface area contributed by atoms with Crippen molar-refractivity contribution in [3.8, 4) is 22.8 Å². The highest BCUT2D eigenvalue weighted by Gasteiger charge is 2.24. The Balaban J connectivity index is 1.50. The van der Waals surface area contributed by atoms with Gasteiger partial charge in [0.15, 0.2) is 0 Å². The second kappa shape index (κ2) is 10.7. The van der Waals surface area contributed by atoms with Crippen LogP contribution in [0.25, 0.3) is 17.1 Å². The molecule has 0 atom stereocenters. The lowest BCUT2D eigenvalue weighted by molar-refractivity contribution is -0.625. The van der Waals surface area contributed by atoms with E-state index in [1.165, 1.54) is 24.0 Å². The van der Waals surface area contributed by atoms with E-state index in [0.29, 0.717) is 15.7 Å². The molecular weight excluding hydrogens is 526 g/mol. The third-order valence-electron chi connectivity index (χ3n) is 4.50. The van der Waals surface area contributed by atoms with E-state index in [9.17, 15) is 9.90 Å². The van der Waals surface area contributed by atoms with Crippen LogP contribution in [0.15, 0.2) is 87.5 Å². The molecule has 4 rings (SSSR count). The molecule has 1 amide bonds. The van der Waals surface area contributed by atoms with E-state index >= 15 is 0 Å². The van der Waals surface area contributed by atoms with Gasteiger partial charge in [-0.05, 0) is 65.9 Å². The number of halogens is 2. The number of H-pyrrole nitrogens is 1. The fourth-order valence-corrected chi connectivity index (χ4v) is 4.23. The molecule has 0 saturated heterocycles. The Labute approximate surface area is 207 Å². The molecule has 2 N–H and O–H groups in total. The largest absolute Gasteiger partial charge is 0.872 e. The molecule has 0 unspecified atom stereocenters. The van der Waals surface area contributed by atoms with Crippen LogP contribution in [-0.2, 0) is 4.79 Å². The normalized spacial score (nSPS) is 11.1. The summed E-state index contributed by atoms with van der Waals surface area (Å²) in [4.78, 5) is 12.3. The number of rotatable bonds is 7. The van der Waals surface area contributed by atoms with Gasteiger partial charge in [-0.1, -0.05) is 57.5 Å². The summed E-state index contributed by atoms with van der Waals surface area (Å²) in [6.45, 7) is 0. The zero-order valence-corrected chi connectivity index (χ0v) is 20.2. The molecule has 33 heavy (non-hydrogen) atoms. The van der Waals surface area contributed by atoms with Crippen LogP contribution in [0.2, 0.25) is 5.02 Å². The highest BCUT2D eigenvalue weighted by molar-refractivity contribution is 9.10. The number of hydrogen-bond donors (Lipinski definition) is 2. The van der Waals surface area contributed by atoms with Crippen LogP contribution in [0.1, 0.15) is 5.56 Å². The number of hydrazone groups is 1. The maximum absolute atomic E-state index is 12.3. The van der Waals surface area contributed by atoms with Crippen LogP contribution in [0, 0.1) is 0 Å². The zero-order chi connectivity index (χ0) is 23.2. The van der Waals surface area contributed by atoms with Crippen molar-refractivity contribution in [2.24, 2.45) is 5.10 Å². The molecule has 0 saturated carbocycles. The number of hydrogen-bond acceptors (Lipinski definition) is 5. The Morgan fingerprint density at radius 3 is 2.70 bits per heavy atom. The summed E-state index contributed by atoms with van der Waals surface area (Å²) in [6, 6.07) is 21.9. The van der Waals surface area contributed by atoms with Crippen LogP contribution in [0.5, 0.6) is 5.75 Å². The number of carbonyl (C=O) groups is 1. The van der Waals surface area contributed by atoms with Gasteiger partial charge in [-0.15, -0.1) is 5.10 Å². The predicted molar refractivity (Wildman–Crippen MR) is 131 cm³/mol. The lowest BCUT2D eigenvalue weighted by Gasteiger charge is -2.09. The summed E-state index contributed by atoms with van der Waals surface area (Å²) in [6.07, 6.45) is 1.33. The molecule has 0 radical (unpaired) electrons. The number of aromatic nitrogens is 3. The topological polar surface area (TPSA) is 97.1 Å². The number of nitrogens with one attached hydrogen (secondary N) is 2. The number of aromatic amines is 1. The van der Waals surface area contributed by atoms with Crippen molar-refractivity contribution in [2.75, 3.05) is 5.75 Å². The average Bonchev–Trinajstić information content (AvgIpc) is 3.25. The summed E-state index contributed by atoms with van der Waals surface area (Å²) < 4.78 is 2.68. The first-order chi connectivity index (χ1) is 16.0. The van der Waals surface area contributed by atoms with Crippen molar-refractivity contribution < 1.29 is 14.5 Å². The van der Waals surface area contributed by atoms with Gasteiger partial charge in [-0.3, -0.25) is 4.79 Å². The number of carbonyl (C=O) groups excluding carboxylic acids is 1. The van der Waals surface area contributed by atoms with Crippen LogP contribution in [0.4, 0.5) is 0 Å². The number of nitrogens with zero attached hydrogens (tertiary/aromatic N) is 3. The Morgan fingerprint density at radius 1 is 1.18 bits per heavy atom. The van der Waals surface area contributed by atoms with Crippen LogP contribution < -0.4 is 15.1 Å². The molecule has 0 spiro atoms. The van der Waals surface area contributed by atoms with Crippen molar-refractivity contribution in [1.29, 1.82) is 0 Å². The van der Waals surface area contributed by atoms with Gasteiger partial charge in [-0.2, -0.15) is 9.67 Å². The van der Waals surface area contributed by atoms with Gasteiger partial charge in [0.05, 0.1) is 22.6 Å². The SMILES string of the molecule is O=C(CSc1n[nH]c(-c2ccccc2)[n+]1-c1ccc(Cl)cc1)N/N=C/c1cc(Br)ccc1[O-]. The van der Waals surface area contributed by atoms with Gasteiger partial charge in [-0.25, -0.2) is 5.43 Å². The minimum atomic E-state index is -0.328. The van der Waals surface area contributed by atoms with Gasteiger partial charge in [0.25, 0.3) is 11.7 Å². The number of benzene rings is 3. The van der Waals surface area contributed by atoms with Gasteiger partial charge in [0.2, 0.25) is 0 Å². The standard InChI is InChI=1S/C23H17BrClN5O2S/c24-17-6-11-20(31)16(12-17)13-26-27-21(32)14-33-23-29-28-22(15-4-2-1-3-5-15)30(23)19-9-7-18(25)8-10-19/h1-13H,14H2,(H2,26,27,31,32). The van der Waals surface area contributed by atoms with Crippen LogP contribution in [0.3, 0.4) is 0 Å². The lowest BCUT2D eigenvalue weighted by atomic mass is 10.2. The number of thioether (sulfide) groups is 1. The lowest BCUT2D eigenvalue weighted by Crippen LogP contribution is -2.34. The average molecular weight is 543 g/mol. The quantitative estimate of drug-likeness (QED) is 0.159. The smallest absolute Gasteiger partial charge is 0.342 e. The zero-order valence-electron chi connectivity index (χ0n) is 17.0. The van der Waals surface area contributed by atoms with E-state index in [1.807, 2.05) is 47.0 Å². The fraction of sp³-hybridized carbons (Fsp3) is 0.0435. The minimum absolute atomic E-state index is 0.0761. The Kier molecular flexibility index (Phi) is 7.43. The van der Waals surface area contributed by atoms with Crippen molar-refractivity contribution >= 4 is 51.4 Å². The molecule has 4 aromatic rings. The maximum atomic E-state index is 12.3. The van der Waals surface area contributed by atoms with Crippen molar-refractivity contribution in [2.45, 2.75) is 5.16 Å². The van der Waals surface area contributed by atoms with Gasteiger partial charge < -0.3 is 5.11 Å². The molecular formula is C23H17BrClN5O2S. The number of amides is 1. The summed E-state index contributed by atoms with van der Waals surface area (Å²) in [5.74, 6) is 0.342. The first-order valence-corrected chi connectivity index (χ1v) is 11.9. The molecule has 10 heteroatoms. The third kappa shape index (κ3) is 5.81. The minimum Gasteiger partial charge on any atom is -0.872 e. The third-order valence-corrected chi connectivity index (χ3v) is 6.19. The summed E-state index contributed by atoms with van der Waals surface area (Å²) in [5.41, 5.74) is 4.62.